The molecule has 0 N–H and O–H groups in total. The molecule has 0 spiro atoms. The number of ether oxygens (including phenoxy) is 3. The van der Waals surface area contributed by atoms with E-state index in [1.807, 2.05) is 12.2 Å². The number of hydrogen-bond acceptors (Lipinski definition) is 7. The van der Waals surface area contributed by atoms with Gasteiger partial charge in [0.15, 0.2) is 18.1 Å². The van der Waals surface area contributed by atoms with Gasteiger partial charge in [0.1, 0.15) is 0 Å². The largest absolute Gasteiger partial charge is 0.493 e. The topological polar surface area (TPSA) is 94.5 Å². The number of hydrazone groups is 1. The second kappa shape index (κ2) is 7.69. The van der Waals surface area contributed by atoms with Crippen LogP contribution in [-0.4, -0.2) is 49.3 Å². The number of benzene rings is 1. The van der Waals surface area contributed by atoms with Gasteiger partial charge < -0.3 is 14.2 Å². The maximum atomic E-state index is 12.7. The lowest BCUT2D eigenvalue weighted by Crippen LogP contribution is -2.28. The standard InChI is InChI=1S/C21H22N2O6/c1-3-28-16(24)11-29-19-14(5-4-6-15(19)27-2)10-22-23-20(25)17-12-7-8-13(9-12)18(17)21(23)26/h4-8,10,12-13,17-18H,3,9,11H2,1-2H3/t12-,13-,17-,18+/m0/s1. The average molecular weight is 398 g/mol. The Labute approximate surface area is 168 Å². The second-order valence-electron chi connectivity index (χ2n) is 7.21. The lowest BCUT2D eigenvalue weighted by Gasteiger charge is -2.14. The van der Waals surface area contributed by atoms with E-state index in [0.717, 1.165) is 11.4 Å². The summed E-state index contributed by atoms with van der Waals surface area (Å²) in [5.41, 5.74) is 0.479. The highest BCUT2D eigenvalue weighted by atomic mass is 16.6. The van der Waals surface area contributed by atoms with Crippen molar-refractivity contribution in [3.63, 3.8) is 0 Å². The molecule has 1 saturated heterocycles. The predicted octanol–water partition coefficient (Wildman–Crippen LogP) is 1.78. The maximum absolute atomic E-state index is 12.7. The third kappa shape index (κ3) is 3.28. The number of carbonyl (C=O) groups excluding carboxylic acids is 3. The molecule has 2 amide bonds. The predicted molar refractivity (Wildman–Crippen MR) is 102 cm³/mol. The van der Waals surface area contributed by atoms with Gasteiger partial charge in [0.25, 0.3) is 11.8 Å². The number of methoxy groups -OCH3 is 1. The summed E-state index contributed by atoms with van der Waals surface area (Å²) < 4.78 is 15.7. The number of carbonyl (C=O) groups is 3. The molecular formula is C21H22N2O6. The van der Waals surface area contributed by atoms with Crippen LogP contribution in [0.3, 0.4) is 0 Å². The molecule has 1 aliphatic heterocycles. The first-order valence-corrected chi connectivity index (χ1v) is 9.60. The molecule has 2 bridgehead atoms. The summed E-state index contributed by atoms with van der Waals surface area (Å²) >= 11 is 0. The van der Waals surface area contributed by atoms with E-state index in [9.17, 15) is 14.4 Å². The lowest BCUT2D eigenvalue weighted by molar-refractivity contribution is -0.145. The highest BCUT2D eigenvalue weighted by Crippen LogP contribution is 2.52. The quantitative estimate of drug-likeness (QED) is 0.301. The van der Waals surface area contributed by atoms with Gasteiger partial charge in [0.05, 0.1) is 31.8 Å². The van der Waals surface area contributed by atoms with Crippen molar-refractivity contribution in [3.05, 3.63) is 35.9 Å². The molecule has 1 heterocycles. The highest BCUT2D eigenvalue weighted by molar-refractivity contribution is 6.07. The van der Waals surface area contributed by atoms with Gasteiger partial charge >= 0.3 is 5.97 Å². The summed E-state index contributed by atoms with van der Waals surface area (Å²) in [7, 11) is 1.48. The normalized spacial score (nSPS) is 27.0. The molecule has 0 aromatic heterocycles. The smallest absolute Gasteiger partial charge is 0.344 e. The molecule has 4 rings (SSSR count). The van der Waals surface area contributed by atoms with E-state index < -0.39 is 5.97 Å². The van der Waals surface area contributed by atoms with Crippen molar-refractivity contribution in [3.8, 4) is 11.5 Å². The van der Waals surface area contributed by atoms with Crippen molar-refractivity contribution >= 4 is 24.0 Å². The van der Waals surface area contributed by atoms with E-state index in [4.69, 9.17) is 14.2 Å². The van der Waals surface area contributed by atoms with Crippen LogP contribution in [0.15, 0.2) is 35.5 Å². The number of esters is 1. The van der Waals surface area contributed by atoms with Crippen molar-refractivity contribution in [2.24, 2.45) is 28.8 Å². The van der Waals surface area contributed by atoms with Gasteiger partial charge in [-0.1, -0.05) is 18.2 Å². The minimum Gasteiger partial charge on any atom is -0.493 e. The molecule has 29 heavy (non-hydrogen) atoms. The van der Waals surface area contributed by atoms with Gasteiger partial charge in [-0.2, -0.15) is 10.1 Å². The number of para-hydroxylation sites is 1. The number of allylic oxidation sites excluding steroid dienone is 2. The van der Waals surface area contributed by atoms with Gasteiger partial charge in [-0.05, 0) is 37.3 Å². The first-order chi connectivity index (χ1) is 14.0. The van der Waals surface area contributed by atoms with Crippen molar-refractivity contribution in [1.29, 1.82) is 0 Å². The first kappa shape index (κ1) is 19.2. The van der Waals surface area contributed by atoms with E-state index >= 15 is 0 Å². The molecule has 3 aliphatic rings. The van der Waals surface area contributed by atoms with Crippen LogP contribution in [0.1, 0.15) is 18.9 Å². The Balaban J connectivity index is 1.55. The molecule has 1 aromatic carbocycles. The fourth-order valence-electron chi connectivity index (χ4n) is 4.40. The van der Waals surface area contributed by atoms with Crippen LogP contribution in [0.25, 0.3) is 0 Å². The van der Waals surface area contributed by atoms with Gasteiger partial charge in [0.2, 0.25) is 0 Å². The molecule has 152 valence electrons. The Bertz CT molecular complexity index is 878. The van der Waals surface area contributed by atoms with Gasteiger partial charge in [-0.15, -0.1) is 0 Å². The molecule has 1 saturated carbocycles. The van der Waals surface area contributed by atoms with Crippen molar-refractivity contribution in [2.75, 3.05) is 20.3 Å². The number of fused-ring (bicyclic) bond motifs is 5. The molecule has 8 nitrogen and oxygen atoms in total. The van der Waals surface area contributed by atoms with Crippen LogP contribution in [0, 0.1) is 23.7 Å². The summed E-state index contributed by atoms with van der Waals surface area (Å²) in [6.07, 6.45) is 6.32. The van der Waals surface area contributed by atoms with Crippen LogP contribution in [0.4, 0.5) is 0 Å². The average Bonchev–Trinajstić information content (AvgIpc) is 3.39. The zero-order valence-electron chi connectivity index (χ0n) is 16.2. The molecule has 8 heteroatoms. The summed E-state index contributed by atoms with van der Waals surface area (Å²) in [4.78, 5) is 37.1. The van der Waals surface area contributed by atoms with Crippen LogP contribution in [-0.2, 0) is 19.1 Å². The van der Waals surface area contributed by atoms with Crippen molar-refractivity contribution in [1.82, 2.24) is 5.01 Å². The summed E-state index contributed by atoms with van der Waals surface area (Å²) in [6, 6.07) is 5.10. The SMILES string of the molecule is CCOC(=O)COc1c(C=NN2C(=O)[C@@H]3[C@H](C2=O)[C@H]2C=C[C@H]3C2)cccc1OC. The third-order valence-corrected chi connectivity index (χ3v) is 5.63. The summed E-state index contributed by atoms with van der Waals surface area (Å²) in [6.45, 7) is 1.66. The number of amides is 2. The molecule has 0 radical (unpaired) electrons. The van der Waals surface area contributed by atoms with E-state index in [1.165, 1.54) is 13.3 Å². The fourth-order valence-corrected chi connectivity index (χ4v) is 4.40. The molecular weight excluding hydrogens is 376 g/mol. The maximum Gasteiger partial charge on any atom is 0.344 e. The van der Waals surface area contributed by atoms with Crippen molar-refractivity contribution in [2.45, 2.75) is 13.3 Å². The zero-order valence-corrected chi connectivity index (χ0v) is 16.2. The Morgan fingerprint density at radius 1 is 1.21 bits per heavy atom. The zero-order chi connectivity index (χ0) is 20.5. The van der Waals surface area contributed by atoms with Crippen LogP contribution >= 0.6 is 0 Å². The fraction of sp³-hybridized carbons (Fsp3) is 0.429. The molecule has 0 unspecified atom stereocenters. The van der Waals surface area contributed by atoms with Crippen molar-refractivity contribution < 1.29 is 28.6 Å². The van der Waals surface area contributed by atoms with E-state index in [0.29, 0.717) is 11.3 Å². The number of nitrogens with zero attached hydrogens (tertiary/aromatic N) is 2. The Hall–Kier alpha value is -3.16. The number of hydrogen-bond donors (Lipinski definition) is 0. The van der Waals surface area contributed by atoms with Crippen LogP contribution in [0.2, 0.25) is 0 Å². The third-order valence-electron chi connectivity index (χ3n) is 5.63. The Morgan fingerprint density at radius 2 is 1.90 bits per heavy atom. The Kier molecular flexibility index (Phi) is 5.08. The molecule has 1 aromatic rings. The van der Waals surface area contributed by atoms with Gasteiger partial charge in [-0.25, -0.2) is 4.79 Å². The van der Waals surface area contributed by atoms with Crippen LogP contribution < -0.4 is 9.47 Å². The van der Waals surface area contributed by atoms with E-state index in [-0.39, 0.29) is 54.4 Å². The lowest BCUT2D eigenvalue weighted by atomic mass is 9.85. The molecule has 4 atom stereocenters. The summed E-state index contributed by atoms with van der Waals surface area (Å²) in [5.74, 6) is -0.705. The van der Waals surface area contributed by atoms with Crippen LogP contribution in [0.5, 0.6) is 11.5 Å². The van der Waals surface area contributed by atoms with E-state index in [1.54, 1.807) is 25.1 Å². The highest BCUT2D eigenvalue weighted by Gasteiger charge is 2.59. The molecule has 2 aliphatic carbocycles. The first-order valence-electron chi connectivity index (χ1n) is 9.60. The molecule has 2 fully saturated rings. The number of rotatable bonds is 7. The second-order valence-corrected chi connectivity index (χ2v) is 7.21. The summed E-state index contributed by atoms with van der Waals surface area (Å²) in [5, 5.41) is 5.13. The minimum absolute atomic E-state index is 0.127. The number of imide groups is 1. The van der Waals surface area contributed by atoms with Gasteiger partial charge in [-0.3, -0.25) is 9.59 Å². The monoisotopic (exact) mass is 398 g/mol. The van der Waals surface area contributed by atoms with E-state index in [2.05, 4.69) is 5.10 Å². The van der Waals surface area contributed by atoms with Gasteiger partial charge in [0, 0.05) is 5.56 Å². The Morgan fingerprint density at radius 3 is 2.52 bits per heavy atom. The minimum atomic E-state index is -0.512.